The number of halogens is 4. The second kappa shape index (κ2) is 10.5. The molecule has 3 rings (SSSR count). The van der Waals surface area contributed by atoms with Crippen LogP contribution >= 0.6 is 23.2 Å². The molecule has 1 aliphatic carbocycles. The number of carbonyl (C=O) groups is 2. The number of hydrogen-bond donors (Lipinski definition) is 3. The van der Waals surface area contributed by atoms with Gasteiger partial charge in [-0.3, -0.25) is 20.4 Å². The first kappa shape index (κ1) is 23.8. The van der Waals surface area contributed by atoms with Crippen LogP contribution in [0.15, 0.2) is 30.6 Å². The lowest BCUT2D eigenvalue weighted by Crippen LogP contribution is -2.44. The number of nitrogens with one attached hydrogen (secondary N) is 3. The Morgan fingerprint density at radius 1 is 1.07 bits per heavy atom. The van der Waals surface area contributed by atoms with E-state index in [0.29, 0.717) is 10.0 Å². The van der Waals surface area contributed by atoms with Gasteiger partial charge < -0.3 is 5.32 Å². The second-order valence-corrected chi connectivity index (χ2v) is 7.01. The largest absolute Gasteiger partial charge is 0.345 e. The fraction of sp³-hybridized carbons (Fsp3) is 0.368. The molecule has 0 radical (unpaired) electrons. The van der Waals surface area contributed by atoms with Crippen molar-refractivity contribution in [3.05, 3.63) is 51.8 Å². The number of anilines is 1. The van der Waals surface area contributed by atoms with Gasteiger partial charge in [-0.15, -0.1) is 0 Å². The summed E-state index contributed by atoms with van der Waals surface area (Å²) in [5, 5.41) is 4.30. The molecular weight excluding hydrogens is 439 g/mol. The van der Waals surface area contributed by atoms with E-state index in [0.717, 1.165) is 24.8 Å². The third kappa shape index (κ3) is 5.34. The maximum atomic E-state index is 12.1. The van der Waals surface area contributed by atoms with E-state index in [1.54, 1.807) is 23.6 Å². The highest BCUT2D eigenvalue weighted by Gasteiger charge is 2.42. The van der Waals surface area contributed by atoms with E-state index >= 15 is 0 Å². The van der Waals surface area contributed by atoms with Gasteiger partial charge in [0.2, 0.25) is 5.95 Å². The quantitative estimate of drug-likeness (QED) is 0.578. The van der Waals surface area contributed by atoms with Gasteiger partial charge >= 0.3 is 12.3 Å². The van der Waals surface area contributed by atoms with Crippen molar-refractivity contribution in [2.75, 3.05) is 5.32 Å². The molecule has 2 aromatic rings. The van der Waals surface area contributed by atoms with Gasteiger partial charge in [-0.2, -0.15) is 8.78 Å². The number of aromatic nitrogens is 2. The first-order valence-electron chi connectivity index (χ1n) is 9.25. The highest BCUT2D eigenvalue weighted by atomic mass is 35.5. The molecule has 0 spiro atoms. The Kier molecular flexibility index (Phi) is 8.31. The number of benzene rings is 1. The van der Waals surface area contributed by atoms with Gasteiger partial charge in [0.1, 0.15) is 0 Å². The zero-order valence-electron chi connectivity index (χ0n) is 16.3. The topological polar surface area (TPSA) is 96.0 Å². The van der Waals surface area contributed by atoms with E-state index in [9.17, 15) is 18.4 Å². The van der Waals surface area contributed by atoms with Gasteiger partial charge in [0, 0.05) is 28.0 Å². The Hall–Kier alpha value is -2.52. The molecule has 2 amide bonds. The van der Waals surface area contributed by atoms with Crippen molar-refractivity contribution >= 4 is 41.0 Å². The Bertz CT molecular complexity index is 873. The SMILES string of the molecule is CC.O=C(NNC(=O)C(F)F)c1cnc(NC2(c3c(Cl)cccc3Cl)CCC2)nc1. The summed E-state index contributed by atoms with van der Waals surface area (Å²) in [5.74, 6) is -2.19. The van der Waals surface area contributed by atoms with Crippen molar-refractivity contribution in [2.24, 2.45) is 0 Å². The molecule has 1 aromatic heterocycles. The molecule has 1 aromatic carbocycles. The highest BCUT2D eigenvalue weighted by Crippen LogP contribution is 2.48. The summed E-state index contributed by atoms with van der Waals surface area (Å²) >= 11 is 12.7. The lowest BCUT2D eigenvalue weighted by molar-refractivity contribution is -0.132. The fourth-order valence-corrected chi connectivity index (χ4v) is 3.65. The normalized spacial score (nSPS) is 14.1. The lowest BCUT2D eigenvalue weighted by atomic mass is 9.72. The van der Waals surface area contributed by atoms with E-state index in [2.05, 4.69) is 15.3 Å². The first-order chi connectivity index (χ1) is 14.3. The van der Waals surface area contributed by atoms with Crippen LogP contribution in [0.5, 0.6) is 0 Å². The van der Waals surface area contributed by atoms with Crippen molar-refractivity contribution in [1.82, 2.24) is 20.8 Å². The smallest absolute Gasteiger partial charge is 0.317 e. The number of rotatable bonds is 5. The van der Waals surface area contributed by atoms with Crippen LogP contribution in [-0.2, 0) is 10.3 Å². The van der Waals surface area contributed by atoms with Crippen LogP contribution < -0.4 is 16.2 Å². The number of amides is 2. The molecule has 162 valence electrons. The van der Waals surface area contributed by atoms with Gasteiger partial charge in [0.25, 0.3) is 5.91 Å². The average molecular weight is 460 g/mol. The van der Waals surface area contributed by atoms with Crippen LogP contribution in [0.4, 0.5) is 14.7 Å². The summed E-state index contributed by atoms with van der Waals surface area (Å²) in [6, 6.07) is 5.27. The van der Waals surface area contributed by atoms with Gasteiger partial charge in [-0.05, 0) is 31.4 Å². The average Bonchev–Trinajstić information content (AvgIpc) is 2.71. The molecule has 30 heavy (non-hydrogen) atoms. The highest BCUT2D eigenvalue weighted by molar-refractivity contribution is 6.36. The molecule has 1 saturated carbocycles. The molecular formula is C19H21Cl2F2N5O2. The van der Waals surface area contributed by atoms with Crippen LogP contribution in [0, 0.1) is 0 Å². The zero-order valence-corrected chi connectivity index (χ0v) is 17.8. The number of hydrogen-bond acceptors (Lipinski definition) is 5. The summed E-state index contributed by atoms with van der Waals surface area (Å²) in [4.78, 5) is 30.8. The van der Waals surface area contributed by atoms with Gasteiger partial charge in [0.15, 0.2) is 0 Å². The van der Waals surface area contributed by atoms with Gasteiger partial charge in [0.05, 0.1) is 11.1 Å². The molecule has 0 bridgehead atoms. The summed E-state index contributed by atoms with van der Waals surface area (Å²) < 4.78 is 24.2. The van der Waals surface area contributed by atoms with E-state index in [1.807, 2.05) is 19.3 Å². The molecule has 11 heteroatoms. The van der Waals surface area contributed by atoms with E-state index in [-0.39, 0.29) is 11.5 Å². The minimum atomic E-state index is -3.24. The molecule has 7 nitrogen and oxygen atoms in total. The van der Waals surface area contributed by atoms with Crippen molar-refractivity contribution < 1.29 is 18.4 Å². The number of alkyl halides is 2. The minimum Gasteiger partial charge on any atom is -0.345 e. The third-order valence-electron chi connectivity index (χ3n) is 4.41. The number of hydrazine groups is 1. The molecule has 3 N–H and O–H groups in total. The maximum absolute atomic E-state index is 12.1. The second-order valence-electron chi connectivity index (χ2n) is 6.20. The van der Waals surface area contributed by atoms with E-state index in [4.69, 9.17) is 23.2 Å². The van der Waals surface area contributed by atoms with Crippen molar-refractivity contribution in [2.45, 2.75) is 45.1 Å². The Morgan fingerprint density at radius 3 is 2.10 bits per heavy atom. The van der Waals surface area contributed by atoms with Crippen LogP contribution in [0.25, 0.3) is 0 Å². The fourth-order valence-electron chi connectivity index (χ4n) is 2.89. The molecule has 0 atom stereocenters. The van der Waals surface area contributed by atoms with Crippen LogP contribution in [0.1, 0.15) is 49.0 Å². The van der Waals surface area contributed by atoms with E-state index in [1.165, 1.54) is 12.4 Å². The number of carbonyl (C=O) groups excluding carboxylic acids is 2. The predicted octanol–water partition coefficient (Wildman–Crippen LogP) is 4.33. The lowest BCUT2D eigenvalue weighted by Gasteiger charge is -2.44. The van der Waals surface area contributed by atoms with Crippen molar-refractivity contribution in [3.8, 4) is 0 Å². The number of nitrogens with zero attached hydrogens (tertiary/aromatic N) is 2. The Balaban J connectivity index is 0.00000155. The molecule has 0 saturated heterocycles. The summed E-state index contributed by atoms with van der Waals surface area (Å²) in [6.07, 6.45) is 1.71. The predicted molar refractivity (Wildman–Crippen MR) is 111 cm³/mol. The first-order valence-corrected chi connectivity index (χ1v) is 10.0. The molecule has 0 unspecified atom stereocenters. The summed E-state index contributed by atoms with van der Waals surface area (Å²) in [5.41, 5.74) is 3.70. The monoisotopic (exact) mass is 459 g/mol. The van der Waals surface area contributed by atoms with Crippen molar-refractivity contribution in [3.63, 3.8) is 0 Å². The molecule has 1 heterocycles. The third-order valence-corrected chi connectivity index (χ3v) is 5.04. The van der Waals surface area contributed by atoms with Gasteiger partial charge in [-0.25, -0.2) is 9.97 Å². The molecule has 1 fully saturated rings. The minimum absolute atomic E-state index is 0.0152. The Morgan fingerprint density at radius 2 is 1.63 bits per heavy atom. The van der Waals surface area contributed by atoms with Gasteiger partial charge in [-0.1, -0.05) is 43.1 Å². The summed E-state index contributed by atoms with van der Waals surface area (Å²) in [7, 11) is 0. The molecule has 0 aliphatic heterocycles. The van der Waals surface area contributed by atoms with Crippen LogP contribution in [0.3, 0.4) is 0 Å². The van der Waals surface area contributed by atoms with E-state index < -0.39 is 23.8 Å². The standard InChI is InChI=1S/C17H15Cl2F2N5O2.C2H6/c18-10-3-1-4-11(19)12(10)17(5-2-6-17)24-16-22-7-9(8-23-16)14(27)25-26-15(28)13(20)21;1-2/h1,3-4,7-8,13H,2,5-6H2,(H,25,27)(H,26,28)(H,22,23,24);1-2H3. The van der Waals surface area contributed by atoms with Crippen LogP contribution in [0.2, 0.25) is 10.0 Å². The summed E-state index contributed by atoms with van der Waals surface area (Å²) in [6.45, 7) is 4.00. The Labute approximate surface area is 182 Å². The van der Waals surface area contributed by atoms with Crippen LogP contribution in [-0.4, -0.2) is 28.2 Å². The van der Waals surface area contributed by atoms with Crippen molar-refractivity contribution in [1.29, 1.82) is 0 Å². The zero-order chi connectivity index (χ0) is 22.3. The molecule has 1 aliphatic rings. The maximum Gasteiger partial charge on any atom is 0.317 e.